The molecule has 0 saturated carbocycles. The van der Waals surface area contributed by atoms with E-state index in [1.54, 1.807) is 12.4 Å². The second kappa shape index (κ2) is 12.5. The first-order valence-electron chi connectivity index (χ1n) is 10.8. The molecule has 2 aromatic carbocycles. The molecule has 0 atom stereocenters. The van der Waals surface area contributed by atoms with E-state index in [0.717, 1.165) is 27.9 Å². The van der Waals surface area contributed by atoms with Crippen molar-refractivity contribution in [1.29, 1.82) is 0 Å². The van der Waals surface area contributed by atoms with Gasteiger partial charge < -0.3 is 20.7 Å². The first-order valence-corrected chi connectivity index (χ1v) is 11.6. The summed E-state index contributed by atoms with van der Waals surface area (Å²) < 4.78 is 6.99. The van der Waals surface area contributed by atoms with Crippen molar-refractivity contribution in [2.24, 2.45) is 5.73 Å². The molecule has 176 valence electrons. The number of hydrogen-bond donors (Lipinski definition) is 2. The lowest BCUT2D eigenvalue weighted by molar-refractivity contribution is 0.0950. The third-order valence-electron chi connectivity index (χ3n) is 4.76. The fourth-order valence-corrected chi connectivity index (χ4v) is 4.05. The minimum Gasteiger partial charge on any atom is -0.490 e. The van der Waals surface area contributed by atoms with Gasteiger partial charge >= 0.3 is 0 Å². The van der Waals surface area contributed by atoms with Crippen LogP contribution in [-0.2, 0) is 6.54 Å². The van der Waals surface area contributed by atoms with Crippen molar-refractivity contribution in [3.63, 3.8) is 0 Å². The van der Waals surface area contributed by atoms with Crippen molar-refractivity contribution in [2.45, 2.75) is 6.54 Å². The summed E-state index contributed by atoms with van der Waals surface area (Å²) in [5.74, 6) is 0.499. The molecule has 2 aromatic heterocycles. The van der Waals surface area contributed by atoms with E-state index in [0.29, 0.717) is 29.4 Å². The standard InChI is InChI=1S/C24H24N4O2S.C2H5N/c1-28(2)12-13-30-20-14-19(18-8-10-25-11-9-18)15-21-22(20)27-24(31-21)23(29)26-16-17-6-4-3-5-7-17;1-2-3/h3-11,14-15H,12-13,16H2,1-2H3,(H,26,29);2H,1,3H2. The number of thiazole rings is 1. The number of benzene rings is 2. The number of rotatable bonds is 8. The number of aromatic nitrogens is 2. The maximum atomic E-state index is 12.7. The molecular weight excluding hydrogens is 446 g/mol. The van der Waals surface area contributed by atoms with Crippen LogP contribution in [0.1, 0.15) is 15.4 Å². The highest BCUT2D eigenvalue weighted by Gasteiger charge is 2.17. The second-order valence-corrected chi connectivity index (χ2v) is 8.66. The lowest BCUT2D eigenvalue weighted by Gasteiger charge is -2.12. The van der Waals surface area contributed by atoms with Crippen molar-refractivity contribution in [1.82, 2.24) is 20.2 Å². The molecule has 0 bridgehead atoms. The van der Waals surface area contributed by atoms with Gasteiger partial charge in [0.15, 0.2) is 5.01 Å². The summed E-state index contributed by atoms with van der Waals surface area (Å²) in [6.45, 7) is 4.93. The third kappa shape index (κ3) is 6.87. The summed E-state index contributed by atoms with van der Waals surface area (Å²) in [7, 11) is 4.01. The number of nitrogens with zero attached hydrogens (tertiary/aromatic N) is 3. The van der Waals surface area contributed by atoms with Gasteiger partial charge in [-0.15, -0.1) is 11.3 Å². The quantitative estimate of drug-likeness (QED) is 0.394. The molecule has 0 aliphatic rings. The number of pyridine rings is 1. The highest BCUT2D eigenvalue weighted by molar-refractivity contribution is 7.20. The van der Waals surface area contributed by atoms with Crippen LogP contribution in [0.2, 0.25) is 0 Å². The lowest BCUT2D eigenvalue weighted by atomic mass is 10.1. The molecule has 4 aromatic rings. The van der Waals surface area contributed by atoms with E-state index < -0.39 is 0 Å². The van der Waals surface area contributed by atoms with Gasteiger partial charge in [-0.25, -0.2) is 4.98 Å². The van der Waals surface area contributed by atoms with Gasteiger partial charge in [-0.1, -0.05) is 36.9 Å². The number of fused-ring (bicyclic) bond motifs is 1. The molecule has 0 aliphatic heterocycles. The highest BCUT2D eigenvalue weighted by atomic mass is 32.1. The van der Waals surface area contributed by atoms with Gasteiger partial charge in [0, 0.05) is 25.5 Å². The zero-order chi connectivity index (χ0) is 24.3. The van der Waals surface area contributed by atoms with Crippen molar-refractivity contribution in [3.8, 4) is 16.9 Å². The number of nitrogens with two attached hydrogens (primary N) is 1. The van der Waals surface area contributed by atoms with E-state index >= 15 is 0 Å². The topological polar surface area (TPSA) is 93.4 Å². The van der Waals surface area contributed by atoms with E-state index in [1.165, 1.54) is 17.5 Å². The van der Waals surface area contributed by atoms with Gasteiger partial charge in [-0.05, 0) is 61.3 Å². The molecule has 34 heavy (non-hydrogen) atoms. The first-order chi connectivity index (χ1) is 16.5. The Hall–Kier alpha value is -3.75. The van der Waals surface area contributed by atoms with Crippen LogP contribution in [0.3, 0.4) is 0 Å². The van der Waals surface area contributed by atoms with Crippen molar-refractivity contribution >= 4 is 27.5 Å². The van der Waals surface area contributed by atoms with E-state index in [9.17, 15) is 4.79 Å². The number of carbonyl (C=O) groups excluding carboxylic acids is 1. The van der Waals surface area contributed by atoms with Crippen molar-refractivity contribution in [3.05, 3.63) is 90.3 Å². The molecule has 2 heterocycles. The molecule has 4 rings (SSSR count). The first kappa shape index (κ1) is 24.9. The number of carbonyl (C=O) groups is 1. The lowest BCUT2D eigenvalue weighted by Crippen LogP contribution is -2.22. The summed E-state index contributed by atoms with van der Waals surface area (Å²) in [6.07, 6.45) is 4.78. The summed E-state index contributed by atoms with van der Waals surface area (Å²) >= 11 is 1.37. The van der Waals surface area contributed by atoms with Crippen molar-refractivity contribution in [2.75, 3.05) is 27.2 Å². The van der Waals surface area contributed by atoms with Crippen LogP contribution in [0.25, 0.3) is 21.3 Å². The Morgan fingerprint density at radius 3 is 2.53 bits per heavy atom. The van der Waals surface area contributed by atoms with Crippen LogP contribution in [0, 0.1) is 0 Å². The van der Waals surface area contributed by atoms with E-state index in [2.05, 4.69) is 38.6 Å². The summed E-state index contributed by atoms with van der Waals surface area (Å²) in [6, 6.07) is 17.8. The number of amides is 1. The Bertz CT molecular complexity index is 1210. The van der Waals surface area contributed by atoms with E-state index in [1.807, 2.05) is 62.6 Å². The molecule has 0 unspecified atom stereocenters. The zero-order valence-electron chi connectivity index (χ0n) is 19.4. The number of hydrogen-bond acceptors (Lipinski definition) is 7. The van der Waals surface area contributed by atoms with Gasteiger partial charge in [0.25, 0.3) is 5.91 Å². The Morgan fingerprint density at radius 2 is 1.85 bits per heavy atom. The van der Waals surface area contributed by atoms with Crippen LogP contribution >= 0.6 is 11.3 Å². The van der Waals surface area contributed by atoms with Crippen LogP contribution in [-0.4, -0.2) is 48.0 Å². The number of ether oxygens (including phenoxy) is 1. The Kier molecular flexibility index (Phi) is 9.13. The molecule has 0 aliphatic carbocycles. The van der Waals surface area contributed by atoms with Crippen LogP contribution in [0.5, 0.6) is 5.75 Å². The summed E-state index contributed by atoms with van der Waals surface area (Å²) in [5.41, 5.74) is 8.42. The zero-order valence-corrected chi connectivity index (χ0v) is 20.2. The Morgan fingerprint density at radius 1 is 1.15 bits per heavy atom. The molecule has 8 heteroatoms. The minimum atomic E-state index is -0.185. The van der Waals surface area contributed by atoms with Gasteiger partial charge in [-0.2, -0.15) is 0 Å². The Balaban J connectivity index is 0.00000103. The molecule has 0 fully saturated rings. The summed E-state index contributed by atoms with van der Waals surface area (Å²) in [5, 5.41) is 3.38. The third-order valence-corrected chi connectivity index (χ3v) is 5.76. The molecule has 0 spiro atoms. The Labute approximate surface area is 203 Å². The smallest absolute Gasteiger partial charge is 0.280 e. The fourth-order valence-electron chi connectivity index (χ4n) is 3.11. The molecule has 7 nitrogen and oxygen atoms in total. The van der Waals surface area contributed by atoms with Crippen LogP contribution < -0.4 is 15.8 Å². The maximum absolute atomic E-state index is 12.7. The number of likely N-dealkylation sites (N-methyl/N-ethyl adjacent to an activating group) is 1. The normalized spacial score (nSPS) is 10.4. The maximum Gasteiger partial charge on any atom is 0.280 e. The van der Waals surface area contributed by atoms with Gasteiger partial charge in [0.05, 0.1) is 4.70 Å². The van der Waals surface area contributed by atoms with Crippen LogP contribution in [0.4, 0.5) is 0 Å². The SMILES string of the molecule is C=CN.CN(C)CCOc1cc(-c2ccncc2)cc2sc(C(=O)NCc3ccccc3)nc12. The monoisotopic (exact) mass is 475 g/mol. The van der Waals surface area contributed by atoms with Crippen molar-refractivity contribution < 1.29 is 9.53 Å². The van der Waals surface area contributed by atoms with Crippen LogP contribution in [0.15, 0.2) is 79.8 Å². The van der Waals surface area contributed by atoms with Gasteiger partial charge in [0.1, 0.15) is 17.9 Å². The second-order valence-electron chi connectivity index (χ2n) is 7.63. The summed E-state index contributed by atoms with van der Waals surface area (Å²) in [4.78, 5) is 23.5. The highest BCUT2D eigenvalue weighted by Crippen LogP contribution is 2.35. The van der Waals surface area contributed by atoms with E-state index in [4.69, 9.17) is 4.74 Å². The fraction of sp³-hybridized carbons (Fsp3) is 0.192. The van der Waals surface area contributed by atoms with E-state index in [-0.39, 0.29) is 5.91 Å². The predicted molar refractivity (Wildman–Crippen MR) is 139 cm³/mol. The van der Waals surface area contributed by atoms with Gasteiger partial charge in [0.2, 0.25) is 0 Å². The largest absolute Gasteiger partial charge is 0.490 e. The minimum absolute atomic E-state index is 0.185. The molecule has 0 saturated heterocycles. The average Bonchev–Trinajstić information content (AvgIpc) is 3.29. The molecule has 0 radical (unpaired) electrons. The van der Waals surface area contributed by atoms with Gasteiger partial charge in [-0.3, -0.25) is 9.78 Å². The predicted octanol–water partition coefficient (Wildman–Crippen LogP) is 4.32. The average molecular weight is 476 g/mol. The molecular formula is C26H29N5O2S. The molecule has 1 amide bonds. The number of nitrogens with one attached hydrogen (secondary N) is 1. The molecule has 3 N–H and O–H groups in total.